The van der Waals surface area contributed by atoms with Crippen molar-refractivity contribution in [1.82, 2.24) is 4.90 Å². The summed E-state index contributed by atoms with van der Waals surface area (Å²) in [6.07, 6.45) is 3.38. The minimum absolute atomic E-state index is 0.0620. The molecular formula is C24H34ClF2NO3. The molecule has 0 bridgehead atoms. The van der Waals surface area contributed by atoms with E-state index in [-0.39, 0.29) is 43.1 Å². The van der Waals surface area contributed by atoms with Crippen LogP contribution in [-0.4, -0.2) is 49.3 Å². The third-order valence-corrected chi connectivity index (χ3v) is 7.08. The Morgan fingerprint density at radius 2 is 2.00 bits per heavy atom. The topological polar surface area (TPSA) is 30.9 Å². The standard InChI is InChI=1S/C24H34ClF2NO3/c1-23(2,3)31-16-5-6-19-18-11-20(29-4)22(21(25)17(18)8-10-28(19)13-16)30-14-15-7-9-24(26,27)12-15/h11,15-16,19H,5-10,12-14H2,1-4H3. The van der Waals surface area contributed by atoms with E-state index in [0.717, 1.165) is 37.9 Å². The molecule has 4 nitrogen and oxygen atoms in total. The van der Waals surface area contributed by atoms with Crippen LogP contribution < -0.4 is 9.47 Å². The van der Waals surface area contributed by atoms with Gasteiger partial charge in [0.1, 0.15) is 0 Å². The monoisotopic (exact) mass is 457 g/mol. The Kier molecular flexibility index (Phi) is 6.46. The number of alkyl halides is 2. The fraction of sp³-hybridized carbons (Fsp3) is 0.750. The molecule has 0 N–H and O–H groups in total. The lowest BCUT2D eigenvalue weighted by Crippen LogP contribution is -2.47. The van der Waals surface area contributed by atoms with Crippen LogP contribution in [0.15, 0.2) is 6.07 Å². The van der Waals surface area contributed by atoms with Gasteiger partial charge >= 0.3 is 0 Å². The summed E-state index contributed by atoms with van der Waals surface area (Å²) in [4.78, 5) is 2.49. The summed E-state index contributed by atoms with van der Waals surface area (Å²) in [7, 11) is 1.60. The lowest BCUT2D eigenvalue weighted by atomic mass is 9.85. The van der Waals surface area contributed by atoms with Gasteiger partial charge in [0.2, 0.25) is 5.92 Å². The first-order valence-corrected chi connectivity index (χ1v) is 11.8. The van der Waals surface area contributed by atoms with Crippen LogP contribution in [0.2, 0.25) is 5.02 Å². The zero-order valence-electron chi connectivity index (χ0n) is 19.0. The van der Waals surface area contributed by atoms with Crippen molar-refractivity contribution in [3.8, 4) is 11.5 Å². The van der Waals surface area contributed by atoms with Gasteiger partial charge in [-0.15, -0.1) is 0 Å². The van der Waals surface area contributed by atoms with Crippen molar-refractivity contribution in [1.29, 1.82) is 0 Å². The lowest BCUT2D eigenvalue weighted by molar-refractivity contribution is -0.0971. The maximum absolute atomic E-state index is 13.5. The molecule has 1 saturated heterocycles. The SMILES string of the molecule is COc1cc2c(c(Cl)c1OCC1CCC(F)(F)C1)CCN1CC(OC(C)(C)C)CCC21. The maximum atomic E-state index is 13.5. The molecule has 3 atom stereocenters. The van der Waals surface area contributed by atoms with Gasteiger partial charge in [-0.3, -0.25) is 4.90 Å². The number of hydrogen-bond acceptors (Lipinski definition) is 4. The van der Waals surface area contributed by atoms with Crippen LogP contribution in [0.1, 0.15) is 70.0 Å². The van der Waals surface area contributed by atoms with E-state index in [9.17, 15) is 8.78 Å². The van der Waals surface area contributed by atoms with Crippen LogP contribution in [-0.2, 0) is 11.2 Å². The molecule has 1 aromatic rings. The van der Waals surface area contributed by atoms with E-state index >= 15 is 0 Å². The van der Waals surface area contributed by atoms with Crippen molar-refractivity contribution < 1.29 is 23.0 Å². The highest BCUT2D eigenvalue weighted by atomic mass is 35.5. The number of nitrogens with zero attached hydrogens (tertiary/aromatic N) is 1. The summed E-state index contributed by atoms with van der Waals surface area (Å²) in [6, 6.07) is 2.33. The second kappa shape index (κ2) is 8.68. The summed E-state index contributed by atoms with van der Waals surface area (Å²) >= 11 is 6.80. The van der Waals surface area contributed by atoms with Crippen LogP contribution in [0, 0.1) is 5.92 Å². The molecule has 0 aromatic heterocycles. The number of rotatable bonds is 5. The molecule has 4 rings (SSSR count). The number of halogens is 3. The van der Waals surface area contributed by atoms with E-state index in [1.54, 1.807) is 7.11 Å². The highest BCUT2D eigenvalue weighted by Gasteiger charge is 2.40. The highest BCUT2D eigenvalue weighted by molar-refractivity contribution is 6.33. The van der Waals surface area contributed by atoms with Gasteiger partial charge in [-0.25, -0.2) is 8.78 Å². The largest absolute Gasteiger partial charge is 0.493 e. The van der Waals surface area contributed by atoms with E-state index in [4.69, 9.17) is 25.8 Å². The van der Waals surface area contributed by atoms with Crippen molar-refractivity contribution in [2.24, 2.45) is 5.92 Å². The molecule has 2 aliphatic heterocycles. The minimum atomic E-state index is -2.57. The Morgan fingerprint density at radius 3 is 2.65 bits per heavy atom. The van der Waals surface area contributed by atoms with Crippen molar-refractivity contribution in [2.75, 3.05) is 26.8 Å². The van der Waals surface area contributed by atoms with Gasteiger partial charge in [0.25, 0.3) is 0 Å². The van der Waals surface area contributed by atoms with Crippen LogP contribution in [0.5, 0.6) is 11.5 Å². The molecule has 2 fully saturated rings. The fourth-order valence-electron chi connectivity index (χ4n) is 5.35. The Balaban J connectivity index is 1.51. The molecule has 7 heteroatoms. The molecule has 0 radical (unpaired) electrons. The molecule has 31 heavy (non-hydrogen) atoms. The Morgan fingerprint density at radius 1 is 1.23 bits per heavy atom. The maximum Gasteiger partial charge on any atom is 0.248 e. The van der Waals surface area contributed by atoms with Gasteiger partial charge in [0.05, 0.1) is 30.4 Å². The molecule has 1 aliphatic carbocycles. The van der Waals surface area contributed by atoms with Crippen LogP contribution >= 0.6 is 11.6 Å². The third kappa shape index (κ3) is 5.12. The normalized spacial score (nSPS) is 28.2. The van der Waals surface area contributed by atoms with Gasteiger partial charge in [-0.2, -0.15) is 0 Å². The van der Waals surface area contributed by atoms with Crippen molar-refractivity contribution in [3.05, 3.63) is 22.2 Å². The van der Waals surface area contributed by atoms with E-state index in [0.29, 0.717) is 22.9 Å². The van der Waals surface area contributed by atoms with Gasteiger partial charge in [-0.05, 0) is 69.6 Å². The minimum Gasteiger partial charge on any atom is -0.493 e. The van der Waals surface area contributed by atoms with Gasteiger partial charge in [-0.1, -0.05) is 11.6 Å². The Labute approximate surface area is 189 Å². The van der Waals surface area contributed by atoms with E-state index in [1.807, 2.05) is 6.07 Å². The van der Waals surface area contributed by atoms with Crippen molar-refractivity contribution >= 4 is 11.6 Å². The van der Waals surface area contributed by atoms with Crippen LogP contribution in [0.3, 0.4) is 0 Å². The number of hydrogen-bond donors (Lipinski definition) is 0. The second-order valence-corrected chi connectivity index (χ2v) is 10.6. The smallest absolute Gasteiger partial charge is 0.248 e. The molecule has 1 aromatic carbocycles. The quantitative estimate of drug-likeness (QED) is 0.539. The average Bonchev–Trinajstić information content (AvgIpc) is 3.04. The first kappa shape index (κ1) is 23.1. The van der Waals surface area contributed by atoms with Gasteiger partial charge in [0.15, 0.2) is 11.5 Å². The lowest BCUT2D eigenvalue weighted by Gasteiger charge is -2.45. The van der Waals surface area contributed by atoms with Gasteiger partial charge in [0, 0.05) is 32.0 Å². The molecule has 3 unspecified atom stereocenters. The number of benzene rings is 1. The van der Waals surface area contributed by atoms with E-state index < -0.39 is 5.92 Å². The molecule has 174 valence electrons. The Hall–Kier alpha value is -1.11. The van der Waals surface area contributed by atoms with Crippen LogP contribution in [0.25, 0.3) is 0 Å². The summed E-state index contributed by atoms with van der Waals surface area (Å²) in [5.74, 6) is -1.64. The molecule has 0 spiro atoms. The summed E-state index contributed by atoms with van der Waals surface area (Å²) in [5, 5.41) is 0.576. The molecule has 2 heterocycles. The molecular weight excluding hydrogens is 424 g/mol. The van der Waals surface area contributed by atoms with Gasteiger partial charge < -0.3 is 14.2 Å². The predicted octanol–water partition coefficient (Wildman–Crippen LogP) is 6.04. The summed E-state index contributed by atoms with van der Waals surface area (Å²) in [6.45, 7) is 8.37. The first-order chi connectivity index (χ1) is 14.6. The molecule has 1 saturated carbocycles. The zero-order chi connectivity index (χ0) is 22.4. The van der Waals surface area contributed by atoms with Crippen molar-refractivity contribution in [3.63, 3.8) is 0 Å². The summed E-state index contributed by atoms with van der Waals surface area (Å²) in [5.41, 5.74) is 2.15. The molecule has 0 amide bonds. The number of fused-ring (bicyclic) bond motifs is 3. The fourth-order valence-corrected chi connectivity index (χ4v) is 5.70. The molecule has 3 aliphatic rings. The average molecular weight is 458 g/mol. The van der Waals surface area contributed by atoms with E-state index in [1.165, 1.54) is 5.56 Å². The first-order valence-electron chi connectivity index (χ1n) is 11.4. The van der Waals surface area contributed by atoms with Crippen molar-refractivity contribution in [2.45, 2.75) is 83.0 Å². The predicted molar refractivity (Wildman–Crippen MR) is 118 cm³/mol. The number of methoxy groups -OCH3 is 1. The Bertz CT molecular complexity index is 811. The number of piperidine rings is 1. The van der Waals surface area contributed by atoms with E-state index in [2.05, 4.69) is 25.7 Å². The van der Waals surface area contributed by atoms with Crippen LogP contribution in [0.4, 0.5) is 8.78 Å². The summed E-state index contributed by atoms with van der Waals surface area (Å²) < 4.78 is 44.9. The number of ether oxygens (including phenoxy) is 3. The second-order valence-electron chi connectivity index (χ2n) is 10.3. The third-order valence-electron chi connectivity index (χ3n) is 6.68. The zero-order valence-corrected chi connectivity index (χ0v) is 19.7. The highest BCUT2D eigenvalue weighted by Crippen LogP contribution is 2.48.